The van der Waals surface area contributed by atoms with E-state index in [9.17, 15) is 9.18 Å². The third-order valence-corrected chi connectivity index (χ3v) is 6.03. The van der Waals surface area contributed by atoms with Gasteiger partial charge in [-0.3, -0.25) is 4.79 Å². The number of rotatable bonds is 5. The number of carbonyl (C=O) groups excluding carboxylic acids is 1. The molecule has 0 spiro atoms. The maximum atomic E-state index is 13.4. The van der Waals surface area contributed by atoms with Gasteiger partial charge in [-0.25, -0.2) is 4.39 Å². The number of nitrogens with one attached hydrogen (secondary N) is 2. The van der Waals surface area contributed by atoms with Gasteiger partial charge in [-0.05, 0) is 48.6 Å². The Labute approximate surface area is 174 Å². The van der Waals surface area contributed by atoms with E-state index in [1.54, 1.807) is 6.07 Å². The smallest absolute Gasteiger partial charge is 0.229 e. The molecule has 2 heterocycles. The van der Waals surface area contributed by atoms with E-state index in [4.69, 9.17) is 4.84 Å². The average Bonchev–Trinajstić information content (AvgIpc) is 3.36. The van der Waals surface area contributed by atoms with E-state index in [-0.39, 0.29) is 23.7 Å². The van der Waals surface area contributed by atoms with Crippen LogP contribution in [0.15, 0.2) is 53.7 Å². The van der Waals surface area contributed by atoms with Crippen molar-refractivity contribution in [2.75, 3.05) is 6.54 Å². The Morgan fingerprint density at radius 1 is 1.23 bits per heavy atom. The molecule has 1 aliphatic carbocycles. The summed E-state index contributed by atoms with van der Waals surface area (Å²) < 4.78 is 13.4. The Hall–Kier alpha value is -3.15. The fraction of sp³-hybridized carbons (Fsp3) is 0.333. The van der Waals surface area contributed by atoms with Gasteiger partial charge in [-0.2, -0.15) is 0 Å². The van der Waals surface area contributed by atoms with E-state index in [2.05, 4.69) is 27.6 Å². The minimum absolute atomic E-state index is 0.0321. The maximum absolute atomic E-state index is 13.4. The van der Waals surface area contributed by atoms with Gasteiger partial charge >= 0.3 is 0 Å². The highest BCUT2D eigenvalue weighted by Gasteiger charge is 2.30. The molecule has 0 saturated heterocycles. The van der Waals surface area contributed by atoms with Crippen molar-refractivity contribution in [2.24, 2.45) is 5.16 Å². The monoisotopic (exact) mass is 405 g/mol. The molecular formula is C24H24FN3O2. The van der Waals surface area contributed by atoms with E-state index < -0.39 is 0 Å². The number of halogens is 1. The summed E-state index contributed by atoms with van der Waals surface area (Å²) in [5, 5.41) is 8.41. The van der Waals surface area contributed by atoms with Crippen LogP contribution in [0.3, 0.4) is 0 Å². The van der Waals surface area contributed by atoms with Crippen LogP contribution < -0.4 is 5.32 Å². The lowest BCUT2D eigenvalue weighted by Crippen LogP contribution is -2.36. The second-order valence-electron chi connectivity index (χ2n) is 8.15. The van der Waals surface area contributed by atoms with Crippen LogP contribution in [0.5, 0.6) is 0 Å². The second-order valence-corrected chi connectivity index (χ2v) is 8.15. The molecule has 3 aromatic rings. The first kappa shape index (κ1) is 18.9. The zero-order chi connectivity index (χ0) is 20.5. The molecule has 1 aliphatic heterocycles. The first-order valence-corrected chi connectivity index (χ1v) is 10.5. The van der Waals surface area contributed by atoms with Gasteiger partial charge < -0.3 is 15.1 Å². The molecule has 2 aromatic carbocycles. The zero-order valence-electron chi connectivity index (χ0n) is 16.7. The van der Waals surface area contributed by atoms with Gasteiger partial charge in [0.25, 0.3) is 0 Å². The summed E-state index contributed by atoms with van der Waals surface area (Å²) in [7, 11) is 0. The fourth-order valence-electron chi connectivity index (χ4n) is 4.60. The lowest BCUT2D eigenvalue weighted by atomic mass is 9.86. The van der Waals surface area contributed by atoms with Crippen molar-refractivity contribution in [1.82, 2.24) is 10.3 Å². The van der Waals surface area contributed by atoms with Crippen LogP contribution >= 0.6 is 0 Å². The van der Waals surface area contributed by atoms with Crippen molar-refractivity contribution in [2.45, 2.75) is 44.1 Å². The lowest BCUT2D eigenvalue weighted by molar-refractivity contribution is -0.123. The number of amides is 1. The summed E-state index contributed by atoms with van der Waals surface area (Å²) in [6, 6.07) is 14.7. The Balaban J connectivity index is 1.19. The highest BCUT2D eigenvalue weighted by Crippen LogP contribution is 2.36. The molecule has 2 aliphatic rings. The Kier molecular flexibility index (Phi) is 4.99. The maximum Gasteiger partial charge on any atom is 0.229 e. The molecule has 1 aromatic heterocycles. The van der Waals surface area contributed by atoms with E-state index in [1.165, 1.54) is 23.1 Å². The summed E-state index contributed by atoms with van der Waals surface area (Å²) >= 11 is 0. The molecule has 0 radical (unpaired) electrons. The van der Waals surface area contributed by atoms with Gasteiger partial charge in [-0.1, -0.05) is 35.5 Å². The summed E-state index contributed by atoms with van der Waals surface area (Å²) in [6.07, 6.45) is 3.88. The third-order valence-electron chi connectivity index (χ3n) is 6.03. The van der Waals surface area contributed by atoms with Crippen LogP contribution in [0, 0.1) is 5.82 Å². The number of aromatic amines is 1. The SMILES string of the molecule is O=C(NCC1CC(Cc2cccc(F)c2)=NO1)C1CCCc2c1[nH]c1ccccc21. The number of nitrogens with zero attached hydrogens (tertiary/aromatic N) is 1. The van der Waals surface area contributed by atoms with Crippen molar-refractivity contribution in [3.63, 3.8) is 0 Å². The van der Waals surface area contributed by atoms with Crippen molar-refractivity contribution in [3.8, 4) is 0 Å². The Bertz CT molecular complexity index is 1120. The van der Waals surface area contributed by atoms with Crippen molar-refractivity contribution in [1.29, 1.82) is 0 Å². The third kappa shape index (κ3) is 3.70. The standard InChI is InChI=1S/C24H24FN3O2/c25-16-6-3-5-15(11-16)12-17-13-18(30-28-17)14-26-24(29)21-9-4-8-20-19-7-1-2-10-22(19)27-23(20)21/h1-3,5-7,10-11,18,21,27H,4,8-9,12-14H2,(H,26,29). The molecule has 6 heteroatoms. The zero-order valence-corrected chi connectivity index (χ0v) is 16.7. The molecule has 0 bridgehead atoms. The van der Waals surface area contributed by atoms with Gasteiger partial charge in [0.1, 0.15) is 11.9 Å². The van der Waals surface area contributed by atoms with Gasteiger partial charge in [0.2, 0.25) is 5.91 Å². The highest BCUT2D eigenvalue weighted by atomic mass is 19.1. The number of aromatic nitrogens is 1. The predicted octanol–water partition coefficient (Wildman–Crippen LogP) is 4.23. The largest absolute Gasteiger partial charge is 0.390 e. The molecule has 154 valence electrons. The van der Waals surface area contributed by atoms with Crippen LogP contribution in [0.25, 0.3) is 10.9 Å². The number of H-pyrrole nitrogens is 1. The number of hydrogen-bond donors (Lipinski definition) is 2. The van der Waals surface area contributed by atoms with Crippen LogP contribution in [-0.2, 0) is 22.5 Å². The Morgan fingerprint density at radius 3 is 3.03 bits per heavy atom. The average molecular weight is 405 g/mol. The normalized spacial score (nSPS) is 20.5. The first-order valence-electron chi connectivity index (χ1n) is 10.5. The fourth-order valence-corrected chi connectivity index (χ4v) is 4.60. The number of oxime groups is 1. The number of fused-ring (bicyclic) bond motifs is 3. The number of para-hydroxylation sites is 1. The molecular weight excluding hydrogens is 381 g/mol. The molecule has 30 heavy (non-hydrogen) atoms. The van der Waals surface area contributed by atoms with Crippen LogP contribution in [0.2, 0.25) is 0 Å². The minimum Gasteiger partial charge on any atom is -0.390 e. The van der Waals surface area contributed by atoms with Gasteiger partial charge in [0.15, 0.2) is 0 Å². The molecule has 0 saturated carbocycles. The molecule has 0 fully saturated rings. The predicted molar refractivity (Wildman–Crippen MR) is 114 cm³/mol. The van der Waals surface area contributed by atoms with Gasteiger partial charge in [0.05, 0.1) is 18.2 Å². The molecule has 2 unspecified atom stereocenters. The first-order chi connectivity index (χ1) is 14.7. The molecule has 2 atom stereocenters. The van der Waals surface area contributed by atoms with Crippen molar-refractivity contribution in [3.05, 3.63) is 71.2 Å². The van der Waals surface area contributed by atoms with Crippen LogP contribution in [0.4, 0.5) is 4.39 Å². The van der Waals surface area contributed by atoms with Crippen LogP contribution in [0.1, 0.15) is 42.0 Å². The van der Waals surface area contributed by atoms with Crippen molar-refractivity contribution >= 4 is 22.5 Å². The van der Waals surface area contributed by atoms with Gasteiger partial charge in [-0.15, -0.1) is 0 Å². The summed E-state index contributed by atoms with van der Waals surface area (Å²) in [6.45, 7) is 0.418. The molecule has 1 amide bonds. The summed E-state index contributed by atoms with van der Waals surface area (Å²) in [5.74, 6) is -0.375. The quantitative estimate of drug-likeness (QED) is 0.667. The van der Waals surface area contributed by atoms with E-state index in [0.29, 0.717) is 19.4 Å². The Morgan fingerprint density at radius 2 is 2.13 bits per heavy atom. The molecule has 5 rings (SSSR count). The topological polar surface area (TPSA) is 66.5 Å². The number of benzene rings is 2. The van der Waals surface area contributed by atoms with E-state index in [1.807, 2.05) is 18.2 Å². The van der Waals surface area contributed by atoms with Gasteiger partial charge in [0, 0.05) is 29.4 Å². The van der Waals surface area contributed by atoms with Crippen LogP contribution in [-0.4, -0.2) is 29.3 Å². The summed E-state index contributed by atoms with van der Waals surface area (Å²) in [5.41, 5.74) is 5.16. The van der Waals surface area contributed by atoms with E-state index in [0.717, 1.165) is 41.7 Å². The van der Waals surface area contributed by atoms with Crippen molar-refractivity contribution < 1.29 is 14.0 Å². The van der Waals surface area contributed by atoms with E-state index >= 15 is 0 Å². The number of hydrogen-bond acceptors (Lipinski definition) is 3. The molecule has 2 N–H and O–H groups in total. The number of carbonyl (C=O) groups is 1. The second kappa shape index (κ2) is 7.94. The highest BCUT2D eigenvalue weighted by molar-refractivity contribution is 5.91. The lowest BCUT2D eigenvalue weighted by Gasteiger charge is -2.22. The number of aryl methyl sites for hydroxylation is 1. The molecule has 5 nitrogen and oxygen atoms in total. The minimum atomic E-state index is -0.250. The summed E-state index contributed by atoms with van der Waals surface area (Å²) in [4.78, 5) is 21.9.